The van der Waals surface area contributed by atoms with Crippen LogP contribution in [0.1, 0.15) is 37.7 Å². The summed E-state index contributed by atoms with van der Waals surface area (Å²) in [7, 11) is 0. The van der Waals surface area contributed by atoms with Crippen molar-refractivity contribution in [2.24, 2.45) is 0 Å². The third kappa shape index (κ3) is 1.91. The molecule has 4 heteroatoms. The normalized spacial score (nSPS) is 19.5. The number of aliphatic hydroxyl groups excluding tert-OH is 1. The first-order valence-corrected chi connectivity index (χ1v) is 6.96. The summed E-state index contributed by atoms with van der Waals surface area (Å²) < 4.78 is 5.77. The highest BCUT2D eigenvalue weighted by Crippen LogP contribution is 2.52. The predicted octanol–water partition coefficient (Wildman–Crippen LogP) is 2.21. The van der Waals surface area contributed by atoms with Crippen LogP contribution in [0.3, 0.4) is 0 Å². The lowest BCUT2D eigenvalue weighted by atomic mass is 9.79. The van der Waals surface area contributed by atoms with Gasteiger partial charge in [0.05, 0.1) is 12.0 Å². The number of hydrogen-bond donors (Lipinski definition) is 2. The Hall–Kier alpha value is -1.55. The number of fused-ring (bicyclic) bond motifs is 2. The summed E-state index contributed by atoms with van der Waals surface area (Å²) >= 11 is 0. The first-order valence-electron chi connectivity index (χ1n) is 6.96. The number of amides is 1. The molecule has 1 aliphatic heterocycles. The lowest BCUT2D eigenvalue weighted by Crippen LogP contribution is -2.31. The molecule has 0 saturated heterocycles. The summed E-state index contributed by atoms with van der Waals surface area (Å²) in [5.41, 5.74) is 1.56. The SMILES string of the molecule is O=C1Nc2cccc(OCCCO)c2C12CCCC2. The van der Waals surface area contributed by atoms with Gasteiger partial charge in [-0.25, -0.2) is 0 Å². The third-order valence-corrected chi connectivity index (χ3v) is 4.20. The van der Waals surface area contributed by atoms with Crippen molar-refractivity contribution in [3.05, 3.63) is 23.8 Å². The van der Waals surface area contributed by atoms with Crippen LogP contribution in [-0.2, 0) is 10.2 Å². The van der Waals surface area contributed by atoms with Crippen LogP contribution in [0, 0.1) is 0 Å². The number of hydrogen-bond acceptors (Lipinski definition) is 3. The quantitative estimate of drug-likeness (QED) is 0.817. The van der Waals surface area contributed by atoms with Crippen molar-refractivity contribution in [3.8, 4) is 5.75 Å². The molecule has 0 atom stereocenters. The second-order valence-electron chi connectivity index (χ2n) is 5.35. The first-order chi connectivity index (χ1) is 9.28. The van der Waals surface area contributed by atoms with E-state index in [-0.39, 0.29) is 17.9 Å². The maximum absolute atomic E-state index is 12.3. The Morgan fingerprint density at radius 1 is 1.32 bits per heavy atom. The molecule has 1 fully saturated rings. The van der Waals surface area contributed by atoms with E-state index in [1.807, 2.05) is 18.2 Å². The Morgan fingerprint density at radius 2 is 2.11 bits per heavy atom. The molecule has 1 saturated carbocycles. The van der Waals surface area contributed by atoms with Crippen LogP contribution >= 0.6 is 0 Å². The molecule has 0 unspecified atom stereocenters. The molecule has 3 rings (SSSR count). The zero-order valence-electron chi connectivity index (χ0n) is 10.9. The van der Waals surface area contributed by atoms with Crippen molar-refractivity contribution in [2.75, 3.05) is 18.5 Å². The van der Waals surface area contributed by atoms with E-state index < -0.39 is 0 Å². The fraction of sp³-hybridized carbons (Fsp3) is 0.533. The summed E-state index contributed by atoms with van der Waals surface area (Å²) in [6.45, 7) is 0.606. The zero-order chi connectivity index (χ0) is 13.3. The molecule has 1 amide bonds. The molecule has 1 aromatic rings. The van der Waals surface area contributed by atoms with Crippen LogP contribution in [0.15, 0.2) is 18.2 Å². The molecule has 2 aliphatic rings. The minimum atomic E-state index is -0.370. The molecule has 0 bridgehead atoms. The van der Waals surface area contributed by atoms with Crippen LogP contribution < -0.4 is 10.1 Å². The van der Waals surface area contributed by atoms with Crippen LogP contribution in [0.2, 0.25) is 0 Å². The van der Waals surface area contributed by atoms with E-state index in [4.69, 9.17) is 9.84 Å². The summed E-state index contributed by atoms with van der Waals surface area (Å²) in [6, 6.07) is 5.77. The summed E-state index contributed by atoms with van der Waals surface area (Å²) in [5, 5.41) is 11.8. The van der Waals surface area contributed by atoms with Crippen LogP contribution in [0.5, 0.6) is 5.75 Å². The van der Waals surface area contributed by atoms with Gasteiger partial charge in [-0.15, -0.1) is 0 Å². The average Bonchev–Trinajstić information content (AvgIpc) is 2.99. The molecule has 4 nitrogen and oxygen atoms in total. The highest BCUT2D eigenvalue weighted by atomic mass is 16.5. The third-order valence-electron chi connectivity index (χ3n) is 4.20. The molecule has 0 radical (unpaired) electrons. The number of carbonyl (C=O) groups excluding carboxylic acids is 1. The van der Waals surface area contributed by atoms with Crippen LogP contribution in [0.4, 0.5) is 5.69 Å². The van der Waals surface area contributed by atoms with Crippen LogP contribution in [-0.4, -0.2) is 24.2 Å². The Kier molecular flexibility index (Phi) is 3.19. The average molecular weight is 261 g/mol. The summed E-state index contributed by atoms with van der Waals surface area (Å²) in [4.78, 5) is 12.3. The predicted molar refractivity (Wildman–Crippen MR) is 72.4 cm³/mol. The van der Waals surface area contributed by atoms with Gasteiger partial charge in [0, 0.05) is 24.3 Å². The highest BCUT2D eigenvalue weighted by molar-refractivity contribution is 6.07. The van der Waals surface area contributed by atoms with Crippen molar-refractivity contribution in [3.63, 3.8) is 0 Å². The van der Waals surface area contributed by atoms with E-state index in [9.17, 15) is 4.79 Å². The van der Waals surface area contributed by atoms with Gasteiger partial charge >= 0.3 is 0 Å². The summed E-state index contributed by atoms with van der Waals surface area (Å²) in [5.74, 6) is 0.921. The van der Waals surface area contributed by atoms with E-state index in [1.165, 1.54) is 0 Å². The molecule has 1 spiro atoms. The van der Waals surface area contributed by atoms with Gasteiger partial charge in [-0.3, -0.25) is 4.79 Å². The lowest BCUT2D eigenvalue weighted by molar-refractivity contribution is -0.120. The van der Waals surface area contributed by atoms with Gasteiger partial charge in [-0.1, -0.05) is 18.9 Å². The number of ether oxygens (including phenoxy) is 1. The smallest absolute Gasteiger partial charge is 0.235 e. The first kappa shape index (κ1) is 12.5. The Morgan fingerprint density at radius 3 is 2.84 bits per heavy atom. The number of anilines is 1. The number of nitrogens with one attached hydrogen (secondary N) is 1. The molecule has 102 valence electrons. The van der Waals surface area contributed by atoms with Gasteiger partial charge in [-0.2, -0.15) is 0 Å². The zero-order valence-corrected chi connectivity index (χ0v) is 10.9. The lowest BCUT2D eigenvalue weighted by Gasteiger charge is -2.23. The monoisotopic (exact) mass is 261 g/mol. The van der Waals surface area contributed by atoms with E-state index >= 15 is 0 Å². The minimum Gasteiger partial charge on any atom is -0.493 e. The van der Waals surface area contributed by atoms with Crippen LogP contribution in [0.25, 0.3) is 0 Å². The van der Waals surface area contributed by atoms with E-state index in [2.05, 4.69) is 5.32 Å². The Labute approximate surface area is 112 Å². The van der Waals surface area contributed by atoms with Crippen molar-refractivity contribution in [1.82, 2.24) is 0 Å². The van der Waals surface area contributed by atoms with Gasteiger partial charge in [0.15, 0.2) is 0 Å². The number of rotatable bonds is 4. The molecular formula is C15H19NO3. The van der Waals surface area contributed by atoms with E-state index in [0.29, 0.717) is 13.0 Å². The van der Waals surface area contributed by atoms with Crippen molar-refractivity contribution in [2.45, 2.75) is 37.5 Å². The number of aliphatic hydroxyl groups is 1. The number of carbonyl (C=O) groups is 1. The van der Waals surface area contributed by atoms with Gasteiger partial charge in [0.1, 0.15) is 5.75 Å². The van der Waals surface area contributed by atoms with Crippen molar-refractivity contribution < 1.29 is 14.6 Å². The molecule has 0 aromatic heterocycles. The fourth-order valence-corrected chi connectivity index (χ4v) is 3.31. The highest BCUT2D eigenvalue weighted by Gasteiger charge is 2.50. The molecule has 1 heterocycles. The largest absolute Gasteiger partial charge is 0.493 e. The summed E-state index contributed by atoms with van der Waals surface area (Å²) in [6.07, 6.45) is 4.62. The maximum atomic E-state index is 12.3. The second-order valence-corrected chi connectivity index (χ2v) is 5.35. The molecule has 1 aliphatic carbocycles. The second kappa shape index (κ2) is 4.85. The van der Waals surface area contributed by atoms with Gasteiger partial charge in [0.2, 0.25) is 5.91 Å². The van der Waals surface area contributed by atoms with Crippen molar-refractivity contribution in [1.29, 1.82) is 0 Å². The molecular weight excluding hydrogens is 242 g/mol. The standard InChI is InChI=1S/C15H19NO3/c17-9-4-10-19-12-6-3-5-11-13(12)15(14(18)16-11)7-1-2-8-15/h3,5-6,17H,1-2,4,7-10H2,(H,16,18). The van der Waals surface area contributed by atoms with E-state index in [1.54, 1.807) is 0 Å². The van der Waals surface area contributed by atoms with E-state index in [0.717, 1.165) is 42.7 Å². The Balaban J connectivity index is 1.96. The fourth-order valence-electron chi connectivity index (χ4n) is 3.31. The topological polar surface area (TPSA) is 58.6 Å². The minimum absolute atomic E-state index is 0.122. The van der Waals surface area contributed by atoms with Gasteiger partial charge in [0.25, 0.3) is 0 Å². The van der Waals surface area contributed by atoms with Gasteiger partial charge in [-0.05, 0) is 25.0 Å². The molecule has 19 heavy (non-hydrogen) atoms. The van der Waals surface area contributed by atoms with Gasteiger partial charge < -0.3 is 15.2 Å². The van der Waals surface area contributed by atoms with Crippen molar-refractivity contribution >= 4 is 11.6 Å². The maximum Gasteiger partial charge on any atom is 0.235 e. The number of benzene rings is 1. The Bertz CT molecular complexity index is 492. The molecule has 2 N–H and O–H groups in total. The molecule has 1 aromatic carbocycles.